The van der Waals surface area contributed by atoms with Crippen LogP contribution in [0.1, 0.15) is 0 Å². The zero-order valence-electron chi connectivity index (χ0n) is 7.30. The van der Waals surface area contributed by atoms with E-state index in [1.165, 1.54) is 0 Å². The molecule has 0 radical (unpaired) electrons. The first-order chi connectivity index (χ1) is 6.47. The normalized spacial score (nSPS) is 16.7. The van der Waals surface area contributed by atoms with Crippen molar-refractivity contribution in [2.24, 2.45) is 5.92 Å². The first-order valence-electron chi connectivity index (χ1n) is 3.72. The van der Waals surface area contributed by atoms with E-state index in [-0.39, 0.29) is 12.3 Å². The van der Waals surface area contributed by atoms with E-state index in [9.17, 15) is 13.9 Å². The number of carbonyl (C=O) groups is 1. The second-order valence-electron chi connectivity index (χ2n) is 2.50. The highest BCUT2D eigenvalue weighted by Gasteiger charge is 2.23. The lowest BCUT2D eigenvalue weighted by Gasteiger charge is -2.10. The summed E-state index contributed by atoms with van der Waals surface area (Å²) < 4.78 is 25.3. The van der Waals surface area contributed by atoms with Crippen LogP contribution in [0.5, 0.6) is 0 Å². The SMILES string of the molecule is C=COC(=O)C(C[PH](=O)O)C[PH](=O)O. The van der Waals surface area contributed by atoms with Crippen molar-refractivity contribution in [2.45, 2.75) is 0 Å². The van der Waals surface area contributed by atoms with Crippen molar-refractivity contribution in [3.05, 3.63) is 12.8 Å². The Bertz CT molecular complexity index is 247. The van der Waals surface area contributed by atoms with Gasteiger partial charge in [-0.2, -0.15) is 0 Å². The summed E-state index contributed by atoms with van der Waals surface area (Å²) in [5, 5.41) is 0. The Morgan fingerprint density at radius 1 is 1.36 bits per heavy atom. The van der Waals surface area contributed by atoms with Gasteiger partial charge in [0.1, 0.15) is 0 Å². The van der Waals surface area contributed by atoms with Gasteiger partial charge in [0.2, 0.25) is 0 Å². The molecule has 82 valence electrons. The van der Waals surface area contributed by atoms with Crippen LogP contribution in [0.15, 0.2) is 12.8 Å². The lowest BCUT2D eigenvalue weighted by atomic mass is 10.2. The minimum absolute atomic E-state index is 0.339. The van der Waals surface area contributed by atoms with Crippen LogP contribution in [0.2, 0.25) is 0 Å². The number of esters is 1. The molecule has 8 heteroatoms. The predicted molar refractivity (Wildman–Crippen MR) is 52.0 cm³/mol. The van der Waals surface area contributed by atoms with Crippen molar-refractivity contribution in [1.29, 1.82) is 0 Å². The molecule has 0 aromatic carbocycles. The largest absolute Gasteiger partial charge is 0.435 e. The Hall–Kier alpha value is -0.410. The zero-order chi connectivity index (χ0) is 11.1. The van der Waals surface area contributed by atoms with Gasteiger partial charge in [-0.3, -0.25) is 13.9 Å². The summed E-state index contributed by atoms with van der Waals surface area (Å²) in [5.41, 5.74) is 0. The van der Waals surface area contributed by atoms with Gasteiger partial charge in [-0.15, -0.1) is 0 Å². The monoisotopic (exact) mass is 242 g/mol. The van der Waals surface area contributed by atoms with E-state index in [0.717, 1.165) is 6.26 Å². The molecule has 0 aromatic rings. The number of rotatable bonds is 6. The van der Waals surface area contributed by atoms with E-state index in [0.29, 0.717) is 0 Å². The molecule has 0 spiro atoms. The first-order valence-corrected chi connectivity index (χ1v) is 6.85. The smallest absolute Gasteiger partial charge is 0.314 e. The van der Waals surface area contributed by atoms with E-state index < -0.39 is 27.9 Å². The van der Waals surface area contributed by atoms with Crippen molar-refractivity contribution in [3.8, 4) is 0 Å². The van der Waals surface area contributed by atoms with Crippen LogP contribution >= 0.6 is 16.1 Å². The Balaban J connectivity index is 4.36. The molecule has 0 rings (SSSR count). The van der Waals surface area contributed by atoms with Gasteiger partial charge in [-0.25, -0.2) is 0 Å². The van der Waals surface area contributed by atoms with Crippen LogP contribution in [-0.4, -0.2) is 28.1 Å². The van der Waals surface area contributed by atoms with Gasteiger partial charge in [-0.1, -0.05) is 6.58 Å². The minimum atomic E-state index is -2.86. The molecule has 0 amide bonds. The Kier molecular flexibility index (Phi) is 6.75. The van der Waals surface area contributed by atoms with Crippen LogP contribution in [-0.2, 0) is 18.7 Å². The average molecular weight is 242 g/mol. The van der Waals surface area contributed by atoms with Crippen molar-refractivity contribution in [3.63, 3.8) is 0 Å². The molecule has 0 fully saturated rings. The van der Waals surface area contributed by atoms with E-state index in [2.05, 4.69) is 11.3 Å². The van der Waals surface area contributed by atoms with E-state index >= 15 is 0 Å². The third kappa shape index (κ3) is 6.11. The molecule has 0 heterocycles. The molecule has 0 aromatic heterocycles. The Labute approximate surface area is 82.3 Å². The molecule has 0 aliphatic rings. The van der Waals surface area contributed by atoms with Gasteiger partial charge in [0.25, 0.3) is 0 Å². The van der Waals surface area contributed by atoms with Gasteiger partial charge >= 0.3 is 5.97 Å². The van der Waals surface area contributed by atoms with Crippen LogP contribution in [0, 0.1) is 5.92 Å². The summed E-state index contributed by atoms with van der Waals surface area (Å²) in [7, 11) is -5.72. The molecule has 2 atom stereocenters. The molecular weight excluding hydrogens is 230 g/mol. The summed E-state index contributed by atoms with van der Waals surface area (Å²) in [6.45, 7) is 3.13. The average Bonchev–Trinajstić information content (AvgIpc) is 2.01. The molecular formula is C6H12O6P2. The summed E-state index contributed by atoms with van der Waals surface area (Å²) in [4.78, 5) is 28.2. The summed E-state index contributed by atoms with van der Waals surface area (Å²) in [6, 6.07) is 0. The van der Waals surface area contributed by atoms with Crippen molar-refractivity contribution < 1.29 is 28.4 Å². The van der Waals surface area contributed by atoms with Crippen molar-refractivity contribution in [1.82, 2.24) is 0 Å². The number of hydrogen-bond acceptors (Lipinski definition) is 4. The molecule has 0 aliphatic heterocycles. The maximum Gasteiger partial charge on any atom is 0.314 e. The second-order valence-corrected chi connectivity index (χ2v) is 4.89. The fourth-order valence-electron chi connectivity index (χ4n) is 0.839. The molecule has 0 aliphatic carbocycles. The van der Waals surface area contributed by atoms with Gasteiger partial charge in [0.05, 0.1) is 12.2 Å². The highest BCUT2D eigenvalue weighted by atomic mass is 31.1. The number of ether oxygens (including phenoxy) is 1. The summed E-state index contributed by atoms with van der Waals surface area (Å²) in [6.07, 6.45) is 0.196. The predicted octanol–water partition coefficient (Wildman–Crippen LogP) is 0.223. The standard InChI is InChI=1S/C6H12O6P2/c1-2-12-6(7)5(3-13(8)9)4-14(10)11/h2,5,13-14H,1,3-4H2,(H,8,9)(H,10,11). The highest BCUT2D eigenvalue weighted by Crippen LogP contribution is 2.26. The molecule has 2 unspecified atom stereocenters. The van der Waals surface area contributed by atoms with E-state index in [4.69, 9.17) is 9.79 Å². The topological polar surface area (TPSA) is 101 Å². The molecule has 14 heavy (non-hydrogen) atoms. The van der Waals surface area contributed by atoms with Crippen LogP contribution in [0.25, 0.3) is 0 Å². The summed E-state index contributed by atoms with van der Waals surface area (Å²) >= 11 is 0. The molecule has 0 saturated heterocycles. The molecule has 2 N–H and O–H groups in total. The quantitative estimate of drug-likeness (QED) is 0.392. The number of hydrogen-bond donors (Lipinski definition) is 2. The molecule has 6 nitrogen and oxygen atoms in total. The third-order valence-electron chi connectivity index (χ3n) is 1.37. The second kappa shape index (κ2) is 6.96. The summed E-state index contributed by atoms with van der Waals surface area (Å²) in [5.74, 6) is -1.82. The maximum absolute atomic E-state index is 11.1. The van der Waals surface area contributed by atoms with E-state index in [1.54, 1.807) is 0 Å². The maximum atomic E-state index is 11.1. The van der Waals surface area contributed by atoms with Crippen molar-refractivity contribution >= 4 is 22.0 Å². The minimum Gasteiger partial charge on any atom is -0.435 e. The lowest BCUT2D eigenvalue weighted by Crippen LogP contribution is -2.20. The Morgan fingerprint density at radius 3 is 2.07 bits per heavy atom. The Morgan fingerprint density at radius 2 is 1.79 bits per heavy atom. The van der Waals surface area contributed by atoms with Gasteiger partial charge in [0.15, 0.2) is 16.1 Å². The van der Waals surface area contributed by atoms with Gasteiger partial charge in [-0.05, 0) is 0 Å². The van der Waals surface area contributed by atoms with Crippen LogP contribution in [0.4, 0.5) is 0 Å². The lowest BCUT2D eigenvalue weighted by molar-refractivity contribution is -0.141. The molecule has 0 saturated carbocycles. The van der Waals surface area contributed by atoms with Gasteiger partial charge in [0, 0.05) is 12.3 Å². The van der Waals surface area contributed by atoms with Gasteiger partial charge < -0.3 is 14.5 Å². The van der Waals surface area contributed by atoms with Crippen LogP contribution in [0.3, 0.4) is 0 Å². The number of carbonyl (C=O) groups excluding carboxylic acids is 1. The van der Waals surface area contributed by atoms with E-state index in [1.807, 2.05) is 0 Å². The highest BCUT2D eigenvalue weighted by molar-refractivity contribution is 7.39. The van der Waals surface area contributed by atoms with Crippen molar-refractivity contribution in [2.75, 3.05) is 12.3 Å². The fourth-order valence-corrected chi connectivity index (χ4v) is 2.59. The zero-order valence-corrected chi connectivity index (χ0v) is 9.30. The molecule has 0 bridgehead atoms. The first kappa shape index (κ1) is 13.6. The third-order valence-corrected chi connectivity index (χ3v) is 3.06. The van der Waals surface area contributed by atoms with Crippen LogP contribution < -0.4 is 0 Å². The fraction of sp³-hybridized carbons (Fsp3) is 0.500.